The van der Waals surface area contributed by atoms with Gasteiger partial charge in [0.2, 0.25) is 0 Å². The van der Waals surface area contributed by atoms with Crippen molar-refractivity contribution >= 4 is 0 Å². The predicted molar refractivity (Wildman–Crippen MR) is 34.5 cm³/mol. The van der Waals surface area contributed by atoms with E-state index < -0.39 is 0 Å². The van der Waals surface area contributed by atoms with E-state index in [9.17, 15) is 0 Å². The Balaban J connectivity index is -0.000000180. The first-order valence-electron chi connectivity index (χ1n) is 3.00. The Morgan fingerprint density at radius 3 is 2.12 bits per heavy atom. The summed E-state index contributed by atoms with van der Waals surface area (Å²) in [5.74, 6) is 0. The zero-order chi connectivity index (χ0) is 5.70. The summed E-state index contributed by atoms with van der Waals surface area (Å²) in [4.78, 5) is 0. The molecule has 0 aromatic rings. The van der Waals surface area contributed by atoms with Crippen molar-refractivity contribution < 1.29 is 20.3 Å². The van der Waals surface area contributed by atoms with Gasteiger partial charge < -0.3 is 6.74 Å². The topological polar surface area (TPSA) is 12.0 Å². The van der Waals surface area contributed by atoms with Crippen molar-refractivity contribution in [3.8, 4) is 0 Å². The molecule has 2 heteroatoms. The van der Waals surface area contributed by atoms with Gasteiger partial charge in [0.05, 0.1) is 0 Å². The first kappa shape index (κ1) is 11.4. The molecule has 0 aromatic carbocycles. The van der Waals surface area contributed by atoms with Crippen LogP contribution in [-0.2, 0) is 0 Å². The molecule has 0 bridgehead atoms. The molecule has 0 unspecified atom stereocenters. The summed E-state index contributed by atoms with van der Waals surface area (Å²) in [5.41, 5.74) is 0. The zero-order valence-electron chi connectivity index (χ0n) is 7.49. The van der Waals surface area contributed by atoms with Crippen LogP contribution in [0.15, 0.2) is 0 Å². The van der Waals surface area contributed by atoms with Gasteiger partial charge >= 0.3 is 18.9 Å². The van der Waals surface area contributed by atoms with Gasteiger partial charge in [0.25, 0.3) is 0 Å². The van der Waals surface area contributed by atoms with E-state index in [1.807, 2.05) is 0 Å². The molecule has 46 valence electrons. The predicted octanol–water partition coefficient (Wildman–Crippen LogP) is -1.49. The van der Waals surface area contributed by atoms with Crippen molar-refractivity contribution in [1.29, 1.82) is 0 Å². The third-order valence-electron chi connectivity index (χ3n) is 0.803. The maximum Gasteiger partial charge on any atom is 1.00 e. The van der Waals surface area contributed by atoms with Gasteiger partial charge in [0, 0.05) is 6.04 Å². The number of nitrogens with one attached hydrogen (secondary N) is 1. The van der Waals surface area contributed by atoms with E-state index in [0.29, 0.717) is 6.04 Å². The second-order valence-electron chi connectivity index (χ2n) is 2.11. The van der Waals surface area contributed by atoms with Gasteiger partial charge in [-0.3, -0.25) is 0 Å². The van der Waals surface area contributed by atoms with Gasteiger partial charge in [0.1, 0.15) is 0 Å². The zero-order valence-corrected chi connectivity index (χ0v) is 6.49. The van der Waals surface area contributed by atoms with E-state index in [-0.39, 0.29) is 20.3 Å². The number of hydrogen-bond acceptors (Lipinski definition) is 1. The minimum atomic E-state index is 0. The van der Waals surface area contributed by atoms with Crippen molar-refractivity contribution in [2.75, 3.05) is 6.54 Å². The van der Waals surface area contributed by atoms with E-state index in [1.165, 1.54) is 6.42 Å². The van der Waals surface area contributed by atoms with E-state index in [4.69, 9.17) is 0 Å². The summed E-state index contributed by atoms with van der Waals surface area (Å²) >= 11 is 0. The van der Waals surface area contributed by atoms with Gasteiger partial charge in [-0.05, 0) is 13.0 Å². The van der Waals surface area contributed by atoms with Crippen LogP contribution in [0.4, 0.5) is 0 Å². The van der Waals surface area contributed by atoms with Crippen LogP contribution in [0.25, 0.3) is 0 Å². The Morgan fingerprint density at radius 1 is 1.50 bits per heavy atom. The molecule has 0 fully saturated rings. The maximum atomic E-state index is 3.30. The molecular formula is C6H16LiN. The molecule has 0 rings (SSSR count). The minimum Gasteiger partial charge on any atom is -1.00 e. The SMILES string of the molecule is CCCNC(C)C.[H-].[Li+]. The molecule has 0 amide bonds. The van der Waals surface area contributed by atoms with Gasteiger partial charge in [-0.1, -0.05) is 20.8 Å². The van der Waals surface area contributed by atoms with Gasteiger partial charge in [-0.25, -0.2) is 0 Å². The van der Waals surface area contributed by atoms with Gasteiger partial charge in [0.15, 0.2) is 0 Å². The van der Waals surface area contributed by atoms with Crippen LogP contribution in [0.3, 0.4) is 0 Å². The third-order valence-corrected chi connectivity index (χ3v) is 0.803. The van der Waals surface area contributed by atoms with Crippen molar-refractivity contribution in [3.05, 3.63) is 0 Å². The second kappa shape index (κ2) is 7.56. The summed E-state index contributed by atoms with van der Waals surface area (Å²) < 4.78 is 0. The fourth-order valence-corrected chi connectivity index (χ4v) is 0.433. The molecule has 1 N–H and O–H groups in total. The quantitative estimate of drug-likeness (QED) is 0.435. The van der Waals surface area contributed by atoms with E-state index in [1.54, 1.807) is 0 Å². The van der Waals surface area contributed by atoms with Crippen molar-refractivity contribution in [2.24, 2.45) is 0 Å². The third kappa shape index (κ3) is 9.75. The monoisotopic (exact) mass is 109 g/mol. The summed E-state index contributed by atoms with van der Waals surface area (Å²) in [5, 5.41) is 3.30. The average Bonchev–Trinajstić information content (AvgIpc) is 1.61. The smallest absolute Gasteiger partial charge is 1.00 e. The molecule has 0 radical (unpaired) electrons. The van der Waals surface area contributed by atoms with Crippen molar-refractivity contribution in [2.45, 2.75) is 33.2 Å². The van der Waals surface area contributed by atoms with Crippen LogP contribution in [0.1, 0.15) is 28.6 Å². The first-order valence-corrected chi connectivity index (χ1v) is 3.00. The Hall–Kier alpha value is 0.557. The molecule has 0 aliphatic rings. The second-order valence-corrected chi connectivity index (χ2v) is 2.11. The molecule has 0 atom stereocenters. The fraction of sp³-hybridized carbons (Fsp3) is 1.00. The molecule has 0 aromatic heterocycles. The average molecular weight is 109 g/mol. The Labute approximate surface area is 65.9 Å². The van der Waals surface area contributed by atoms with E-state index >= 15 is 0 Å². The van der Waals surface area contributed by atoms with Crippen LogP contribution >= 0.6 is 0 Å². The van der Waals surface area contributed by atoms with E-state index in [2.05, 4.69) is 26.1 Å². The Kier molecular flexibility index (Phi) is 10.7. The molecule has 0 heterocycles. The van der Waals surface area contributed by atoms with Crippen molar-refractivity contribution in [1.82, 2.24) is 5.32 Å². The summed E-state index contributed by atoms with van der Waals surface area (Å²) in [6, 6.07) is 0.653. The standard InChI is InChI=1S/C6H15N.Li.H/c1-4-5-7-6(2)3;;/h6-7H,4-5H2,1-3H3;;/q;+1;-1. The number of hydrogen-bond donors (Lipinski definition) is 1. The minimum absolute atomic E-state index is 0. The first-order chi connectivity index (χ1) is 3.27. The molecular weight excluding hydrogens is 93.0 g/mol. The number of rotatable bonds is 3. The maximum absolute atomic E-state index is 3.30. The van der Waals surface area contributed by atoms with Crippen LogP contribution in [0.2, 0.25) is 0 Å². The molecule has 0 saturated carbocycles. The van der Waals surface area contributed by atoms with Gasteiger partial charge in [-0.2, -0.15) is 0 Å². The Morgan fingerprint density at radius 2 is 2.00 bits per heavy atom. The van der Waals surface area contributed by atoms with E-state index in [0.717, 1.165) is 6.54 Å². The molecule has 0 aliphatic heterocycles. The molecule has 0 aliphatic carbocycles. The summed E-state index contributed by atoms with van der Waals surface area (Å²) in [6.07, 6.45) is 1.23. The normalized spacial score (nSPS) is 9.00. The van der Waals surface area contributed by atoms with Crippen LogP contribution in [0, 0.1) is 0 Å². The fourth-order valence-electron chi connectivity index (χ4n) is 0.433. The van der Waals surface area contributed by atoms with Crippen LogP contribution < -0.4 is 24.2 Å². The summed E-state index contributed by atoms with van der Waals surface area (Å²) in [6.45, 7) is 7.65. The molecule has 0 saturated heterocycles. The molecule has 8 heavy (non-hydrogen) atoms. The van der Waals surface area contributed by atoms with Gasteiger partial charge in [-0.15, -0.1) is 0 Å². The Bertz CT molecular complexity index is 42.0. The largest absolute Gasteiger partial charge is 1.00 e. The molecule has 1 nitrogen and oxygen atoms in total. The summed E-state index contributed by atoms with van der Waals surface area (Å²) in [7, 11) is 0. The van der Waals surface area contributed by atoms with Crippen molar-refractivity contribution in [3.63, 3.8) is 0 Å². The van der Waals surface area contributed by atoms with Crippen LogP contribution in [0.5, 0.6) is 0 Å². The molecule has 0 spiro atoms. The van der Waals surface area contributed by atoms with Crippen LogP contribution in [-0.4, -0.2) is 12.6 Å².